The summed E-state index contributed by atoms with van der Waals surface area (Å²) in [7, 11) is 0. The first-order valence-corrected chi connectivity index (χ1v) is 6.18. The quantitative estimate of drug-likeness (QED) is 0.608. The summed E-state index contributed by atoms with van der Waals surface area (Å²) in [5.41, 5.74) is 7.51. The molecule has 2 aromatic rings. The monoisotopic (exact) mass is 238 g/mol. The van der Waals surface area contributed by atoms with Crippen molar-refractivity contribution in [3.8, 4) is 0 Å². The van der Waals surface area contributed by atoms with E-state index < -0.39 is 0 Å². The van der Waals surface area contributed by atoms with E-state index in [4.69, 9.17) is 0 Å². The minimum atomic E-state index is 1.10. The lowest BCUT2D eigenvalue weighted by molar-refractivity contribution is 1.33. The van der Waals surface area contributed by atoms with E-state index in [9.17, 15) is 0 Å². The smallest absolute Gasteiger partial charge is 0.0238 e. The molecule has 0 bridgehead atoms. The van der Waals surface area contributed by atoms with E-state index in [-0.39, 0.29) is 0 Å². The third-order valence-electron chi connectivity index (χ3n) is 3.14. The van der Waals surface area contributed by atoms with Gasteiger partial charge in [0, 0.05) is 0 Å². The minimum Gasteiger partial charge on any atom is -0.0588 e. The zero-order valence-corrected chi connectivity index (χ0v) is 11.9. The van der Waals surface area contributed by atoms with Crippen LogP contribution in [0.3, 0.4) is 0 Å². The van der Waals surface area contributed by atoms with Gasteiger partial charge in [0.1, 0.15) is 0 Å². The van der Waals surface area contributed by atoms with E-state index in [2.05, 4.69) is 65.8 Å². The average molecular weight is 238 g/mol. The molecule has 0 amide bonds. The fourth-order valence-corrected chi connectivity index (χ4v) is 1.61. The van der Waals surface area contributed by atoms with Crippen molar-refractivity contribution in [3.05, 3.63) is 83.6 Å². The first-order chi connectivity index (χ1) is 8.40. The Morgan fingerprint density at radius 1 is 0.556 bits per heavy atom. The summed E-state index contributed by atoms with van der Waals surface area (Å²) in [6.45, 7) is 16.1. The third-order valence-corrected chi connectivity index (χ3v) is 3.14. The fraction of sp³-hybridized carbons (Fsp3) is 0.222. The Balaban J connectivity index is 0.000000180. The van der Waals surface area contributed by atoms with Crippen LogP contribution in [0.4, 0.5) is 0 Å². The number of benzene rings is 2. The Kier molecular flexibility index (Phi) is 5.15. The van der Waals surface area contributed by atoms with Gasteiger partial charge in [-0.1, -0.05) is 36.4 Å². The van der Waals surface area contributed by atoms with Crippen LogP contribution in [-0.4, -0.2) is 0 Å². The Labute approximate surface area is 112 Å². The van der Waals surface area contributed by atoms with Crippen LogP contribution in [0.25, 0.3) is 0 Å². The molecule has 0 spiro atoms. The fourth-order valence-electron chi connectivity index (χ4n) is 1.61. The van der Waals surface area contributed by atoms with E-state index in [1.807, 2.05) is 12.1 Å². The molecule has 0 heterocycles. The highest BCUT2D eigenvalue weighted by atomic mass is 14.0. The third kappa shape index (κ3) is 4.37. The van der Waals surface area contributed by atoms with Crippen molar-refractivity contribution in [3.63, 3.8) is 0 Å². The predicted molar refractivity (Wildman–Crippen MR) is 80.8 cm³/mol. The standard InChI is InChI=1S/2C9H11/c2*1-7-4-5-8(2)9(3)6-7/h2*4-6H,1H2,2-3H3. The highest BCUT2D eigenvalue weighted by Crippen LogP contribution is 2.08. The summed E-state index contributed by atoms with van der Waals surface area (Å²) in [5.74, 6) is 0. The Morgan fingerprint density at radius 2 is 0.889 bits per heavy atom. The van der Waals surface area contributed by atoms with E-state index in [0.29, 0.717) is 0 Å². The van der Waals surface area contributed by atoms with Crippen LogP contribution in [0.2, 0.25) is 0 Å². The van der Waals surface area contributed by atoms with E-state index in [1.54, 1.807) is 0 Å². The molecule has 0 atom stereocenters. The second kappa shape index (κ2) is 6.39. The number of hydrogen-bond donors (Lipinski definition) is 0. The van der Waals surface area contributed by atoms with Gasteiger partial charge in [-0.3, -0.25) is 0 Å². The maximum absolute atomic E-state index is 3.82. The van der Waals surface area contributed by atoms with Crippen LogP contribution >= 0.6 is 0 Å². The molecule has 0 nitrogen and oxygen atoms in total. The molecule has 0 N–H and O–H groups in total. The molecule has 0 heteroatoms. The van der Waals surface area contributed by atoms with Crippen LogP contribution in [0.1, 0.15) is 33.4 Å². The van der Waals surface area contributed by atoms with E-state index in [1.165, 1.54) is 22.3 Å². The van der Waals surface area contributed by atoms with Crippen molar-refractivity contribution < 1.29 is 0 Å². The molecule has 94 valence electrons. The molecule has 2 aromatic carbocycles. The van der Waals surface area contributed by atoms with Gasteiger partial charge in [-0.2, -0.15) is 0 Å². The lowest BCUT2D eigenvalue weighted by atomic mass is 10.1. The summed E-state index contributed by atoms with van der Waals surface area (Å²) in [6, 6.07) is 12.4. The van der Waals surface area contributed by atoms with Crippen LogP contribution < -0.4 is 0 Å². The summed E-state index contributed by atoms with van der Waals surface area (Å²) in [4.78, 5) is 0. The number of aryl methyl sites for hydroxylation is 4. The normalized spacial score (nSPS) is 9.67. The Bertz CT molecular complexity index is 472. The molecule has 0 aliphatic rings. The van der Waals surface area contributed by atoms with Crippen molar-refractivity contribution in [2.45, 2.75) is 27.7 Å². The molecule has 0 aromatic heterocycles. The SMILES string of the molecule is [CH2]c1ccc(C)c(C)c1.[CH2]c1ccc(C)c(C)c1. The van der Waals surface area contributed by atoms with Crippen molar-refractivity contribution in [1.29, 1.82) is 0 Å². The zero-order chi connectivity index (χ0) is 13.7. The van der Waals surface area contributed by atoms with Gasteiger partial charge in [-0.15, -0.1) is 0 Å². The molecule has 0 unspecified atom stereocenters. The summed E-state index contributed by atoms with van der Waals surface area (Å²) in [5, 5.41) is 0. The van der Waals surface area contributed by atoms with E-state index in [0.717, 1.165) is 11.1 Å². The van der Waals surface area contributed by atoms with Crippen molar-refractivity contribution in [1.82, 2.24) is 0 Å². The Hall–Kier alpha value is -1.56. The van der Waals surface area contributed by atoms with Gasteiger partial charge in [-0.25, -0.2) is 0 Å². The van der Waals surface area contributed by atoms with Crippen molar-refractivity contribution >= 4 is 0 Å². The number of hydrogen-bond acceptors (Lipinski definition) is 0. The van der Waals surface area contributed by atoms with Gasteiger partial charge >= 0.3 is 0 Å². The largest absolute Gasteiger partial charge is 0.0588 e. The first kappa shape index (κ1) is 14.5. The maximum Gasteiger partial charge on any atom is -0.0238 e. The molecule has 2 radical (unpaired) electrons. The van der Waals surface area contributed by atoms with Gasteiger partial charge in [0.2, 0.25) is 0 Å². The van der Waals surface area contributed by atoms with Gasteiger partial charge in [0.05, 0.1) is 0 Å². The molecule has 0 aliphatic carbocycles. The highest BCUT2D eigenvalue weighted by molar-refractivity contribution is 5.31. The average Bonchev–Trinajstić information content (AvgIpc) is 2.30. The number of rotatable bonds is 0. The van der Waals surface area contributed by atoms with Gasteiger partial charge in [0.15, 0.2) is 0 Å². The van der Waals surface area contributed by atoms with Crippen LogP contribution in [0.5, 0.6) is 0 Å². The second-order valence-electron chi connectivity index (χ2n) is 4.84. The predicted octanol–water partition coefficient (Wildman–Crippen LogP) is 4.97. The molecule has 18 heavy (non-hydrogen) atoms. The zero-order valence-electron chi connectivity index (χ0n) is 11.9. The molecule has 0 saturated carbocycles. The molecular formula is C18H22. The summed E-state index contributed by atoms with van der Waals surface area (Å²) >= 11 is 0. The molecule has 2 rings (SSSR count). The van der Waals surface area contributed by atoms with Gasteiger partial charge < -0.3 is 0 Å². The topological polar surface area (TPSA) is 0 Å². The lowest BCUT2D eigenvalue weighted by Gasteiger charge is -1.98. The minimum absolute atomic E-state index is 1.10. The van der Waals surface area contributed by atoms with E-state index >= 15 is 0 Å². The summed E-state index contributed by atoms with van der Waals surface area (Å²) in [6.07, 6.45) is 0. The summed E-state index contributed by atoms with van der Waals surface area (Å²) < 4.78 is 0. The molecule has 0 aliphatic heterocycles. The van der Waals surface area contributed by atoms with Gasteiger partial charge in [-0.05, 0) is 74.9 Å². The van der Waals surface area contributed by atoms with Crippen LogP contribution in [0, 0.1) is 41.5 Å². The van der Waals surface area contributed by atoms with Crippen LogP contribution in [-0.2, 0) is 0 Å². The van der Waals surface area contributed by atoms with Gasteiger partial charge in [0.25, 0.3) is 0 Å². The first-order valence-electron chi connectivity index (χ1n) is 6.18. The van der Waals surface area contributed by atoms with Crippen molar-refractivity contribution in [2.75, 3.05) is 0 Å². The van der Waals surface area contributed by atoms with Crippen LogP contribution in [0.15, 0.2) is 36.4 Å². The Morgan fingerprint density at radius 3 is 1.11 bits per heavy atom. The van der Waals surface area contributed by atoms with Crippen molar-refractivity contribution in [2.24, 2.45) is 0 Å². The highest BCUT2D eigenvalue weighted by Gasteiger charge is 1.89. The molecule has 0 fully saturated rings. The lowest BCUT2D eigenvalue weighted by Crippen LogP contribution is -1.79. The molecule has 0 saturated heterocycles. The maximum atomic E-state index is 3.82. The molecular weight excluding hydrogens is 216 g/mol. The second-order valence-corrected chi connectivity index (χ2v) is 4.84.